The summed E-state index contributed by atoms with van der Waals surface area (Å²) in [5.74, 6) is -2.34. The molecular formula is C16H15F4N3. The van der Waals surface area contributed by atoms with Crippen LogP contribution < -0.4 is 11.1 Å². The molecule has 0 aromatic heterocycles. The van der Waals surface area contributed by atoms with Crippen LogP contribution in [0.1, 0.15) is 18.1 Å². The van der Waals surface area contributed by atoms with E-state index in [4.69, 9.17) is 11.1 Å². The van der Waals surface area contributed by atoms with Crippen molar-refractivity contribution in [1.29, 1.82) is 5.41 Å². The Hall–Kier alpha value is -1.99. The molecule has 3 rings (SSSR count). The summed E-state index contributed by atoms with van der Waals surface area (Å²) in [4.78, 5) is 0. The Bertz CT molecular complexity index is 733. The van der Waals surface area contributed by atoms with Crippen molar-refractivity contribution in [2.24, 2.45) is 11.7 Å². The van der Waals surface area contributed by atoms with Gasteiger partial charge < -0.3 is 11.1 Å². The van der Waals surface area contributed by atoms with Crippen LogP contribution in [0.25, 0.3) is 5.57 Å². The number of allylic oxidation sites excluding steroid dienone is 1. The summed E-state index contributed by atoms with van der Waals surface area (Å²) in [6.45, 7) is 1.53. The van der Waals surface area contributed by atoms with E-state index in [9.17, 15) is 17.6 Å². The largest absolute Gasteiger partial charge is 0.396 e. The number of benzene rings is 1. The van der Waals surface area contributed by atoms with E-state index >= 15 is 0 Å². The molecule has 122 valence electrons. The maximum atomic E-state index is 13.5. The van der Waals surface area contributed by atoms with E-state index in [1.54, 1.807) is 0 Å². The molecule has 1 aliphatic carbocycles. The van der Waals surface area contributed by atoms with Crippen molar-refractivity contribution in [2.75, 3.05) is 0 Å². The molecule has 4 N–H and O–H groups in total. The molecule has 7 heteroatoms. The first-order valence-electron chi connectivity index (χ1n) is 7.05. The second kappa shape index (κ2) is 5.28. The number of nitrogens with two attached hydrogens (primary N) is 1. The molecule has 3 atom stereocenters. The summed E-state index contributed by atoms with van der Waals surface area (Å²) in [5.41, 5.74) is 7.26. The van der Waals surface area contributed by atoms with E-state index < -0.39 is 30.1 Å². The van der Waals surface area contributed by atoms with E-state index in [0.29, 0.717) is 16.7 Å². The van der Waals surface area contributed by atoms with Crippen LogP contribution in [-0.2, 0) is 0 Å². The summed E-state index contributed by atoms with van der Waals surface area (Å²) < 4.78 is 53.8. The smallest absolute Gasteiger partial charge is 0.312 e. The third-order valence-electron chi connectivity index (χ3n) is 4.25. The number of nitrogens with one attached hydrogen (secondary N) is 2. The Morgan fingerprint density at radius 2 is 1.91 bits per heavy atom. The molecule has 1 aliphatic heterocycles. The van der Waals surface area contributed by atoms with E-state index in [1.807, 2.05) is 0 Å². The van der Waals surface area contributed by atoms with E-state index in [-0.39, 0.29) is 11.3 Å². The van der Waals surface area contributed by atoms with Crippen molar-refractivity contribution in [3.8, 4) is 0 Å². The van der Waals surface area contributed by atoms with Gasteiger partial charge in [-0.1, -0.05) is 6.08 Å². The van der Waals surface area contributed by atoms with Gasteiger partial charge in [-0.15, -0.1) is 0 Å². The average molecular weight is 325 g/mol. The fraction of sp³-hybridized carbons (Fsp3) is 0.312. The van der Waals surface area contributed by atoms with Gasteiger partial charge in [-0.05, 0) is 47.9 Å². The standard InChI is InChI=1S/C16H15F4N3/c1-7-4-12(16(18,19)20)14(23-15(7)22)11-6-13(21)9-3-2-8(17)5-10(9)11/h2-6,12,14-15,21,23H,22H2,1H3/t12?,14?,15-/m0/s1. The third kappa shape index (κ3) is 2.70. The maximum Gasteiger partial charge on any atom is 0.396 e. The Balaban J connectivity index is 2.09. The van der Waals surface area contributed by atoms with Crippen LogP contribution in [0.3, 0.4) is 0 Å². The molecule has 3 nitrogen and oxygen atoms in total. The molecule has 2 unspecified atom stereocenters. The Morgan fingerprint density at radius 3 is 2.57 bits per heavy atom. The van der Waals surface area contributed by atoms with Gasteiger partial charge in [-0.25, -0.2) is 4.39 Å². The van der Waals surface area contributed by atoms with Crippen molar-refractivity contribution in [1.82, 2.24) is 5.32 Å². The number of rotatable bonds is 1. The van der Waals surface area contributed by atoms with Crippen LogP contribution in [0.5, 0.6) is 0 Å². The highest BCUT2D eigenvalue weighted by molar-refractivity contribution is 6.18. The van der Waals surface area contributed by atoms with Gasteiger partial charge >= 0.3 is 6.18 Å². The fourth-order valence-corrected chi connectivity index (χ4v) is 3.04. The lowest BCUT2D eigenvalue weighted by Gasteiger charge is -2.36. The van der Waals surface area contributed by atoms with Crippen LogP contribution in [0.2, 0.25) is 0 Å². The molecule has 0 amide bonds. The number of fused-ring (bicyclic) bond motifs is 1. The Labute approximate surface area is 130 Å². The SMILES string of the molecule is CC1=CC(C(F)(F)F)C(C2=CC(=N)c3ccc(F)cc32)N[C@@H]1N. The molecule has 1 heterocycles. The van der Waals surface area contributed by atoms with Gasteiger partial charge in [0.05, 0.1) is 17.8 Å². The molecule has 23 heavy (non-hydrogen) atoms. The summed E-state index contributed by atoms with van der Waals surface area (Å²) in [5, 5.41) is 10.7. The van der Waals surface area contributed by atoms with E-state index in [2.05, 4.69) is 5.32 Å². The van der Waals surface area contributed by atoms with E-state index in [1.165, 1.54) is 25.1 Å². The van der Waals surface area contributed by atoms with Crippen LogP contribution in [0, 0.1) is 17.1 Å². The van der Waals surface area contributed by atoms with Gasteiger partial charge in [-0.3, -0.25) is 5.32 Å². The average Bonchev–Trinajstić information content (AvgIpc) is 2.77. The number of hydrogen-bond acceptors (Lipinski definition) is 3. The zero-order valence-electron chi connectivity index (χ0n) is 12.2. The fourth-order valence-electron chi connectivity index (χ4n) is 3.04. The predicted molar refractivity (Wildman–Crippen MR) is 79.4 cm³/mol. The number of halogens is 4. The molecule has 0 bridgehead atoms. The summed E-state index contributed by atoms with van der Waals surface area (Å²) in [7, 11) is 0. The van der Waals surface area contributed by atoms with E-state index in [0.717, 1.165) is 12.1 Å². The molecule has 0 fully saturated rings. The first kappa shape index (κ1) is 15.9. The second-order valence-electron chi connectivity index (χ2n) is 5.80. The minimum atomic E-state index is -4.47. The minimum absolute atomic E-state index is 0.0672. The molecule has 2 aliphatic rings. The van der Waals surface area contributed by atoms with Crippen molar-refractivity contribution in [3.63, 3.8) is 0 Å². The van der Waals surface area contributed by atoms with Crippen LogP contribution >= 0.6 is 0 Å². The van der Waals surface area contributed by atoms with Gasteiger partial charge in [0.15, 0.2) is 0 Å². The summed E-state index contributed by atoms with van der Waals surface area (Å²) in [6, 6.07) is 2.60. The predicted octanol–water partition coefficient (Wildman–Crippen LogP) is 2.97. The molecule has 0 spiro atoms. The van der Waals surface area contributed by atoms with Crippen LogP contribution in [0.15, 0.2) is 35.9 Å². The lowest BCUT2D eigenvalue weighted by molar-refractivity contribution is -0.166. The van der Waals surface area contributed by atoms with Crippen molar-refractivity contribution in [2.45, 2.75) is 25.3 Å². The van der Waals surface area contributed by atoms with Gasteiger partial charge in [0.2, 0.25) is 0 Å². The molecule has 1 aromatic rings. The Morgan fingerprint density at radius 1 is 1.22 bits per heavy atom. The molecule has 1 aromatic carbocycles. The lowest BCUT2D eigenvalue weighted by atomic mass is 9.84. The van der Waals surface area contributed by atoms with Crippen molar-refractivity contribution < 1.29 is 17.6 Å². The normalized spacial score (nSPS) is 27.6. The second-order valence-corrected chi connectivity index (χ2v) is 5.80. The zero-order valence-corrected chi connectivity index (χ0v) is 12.2. The highest BCUT2D eigenvalue weighted by atomic mass is 19.4. The van der Waals surface area contributed by atoms with Gasteiger partial charge in [0.1, 0.15) is 5.82 Å². The van der Waals surface area contributed by atoms with Crippen molar-refractivity contribution in [3.05, 3.63) is 52.9 Å². The topological polar surface area (TPSA) is 61.9 Å². The zero-order chi connectivity index (χ0) is 16.9. The van der Waals surface area contributed by atoms with Crippen molar-refractivity contribution >= 4 is 11.3 Å². The van der Waals surface area contributed by atoms with Gasteiger partial charge in [-0.2, -0.15) is 13.2 Å². The monoisotopic (exact) mass is 325 g/mol. The molecule has 0 radical (unpaired) electrons. The minimum Gasteiger partial charge on any atom is -0.312 e. The highest BCUT2D eigenvalue weighted by Crippen LogP contribution is 2.41. The molecular weight excluding hydrogens is 310 g/mol. The van der Waals surface area contributed by atoms with Gasteiger partial charge in [0.25, 0.3) is 0 Å². The quantitative estimate of drug-likeness (QED) is 0.549. The first-order valence-corrected chi connectivity index (χ1v) is 7.05. The van der Waals surface area contributed by atoms with Crippen LogP contribution in [0.4, 0.5) is 17.6 Å². The Kier molecular flexibility index (Phi) is 3.65. The summed E-state index contributed by atoms with van der Waals surface area (Å²) >= 11 is 0. The summed E-state index contributed by atoms with van der Waals surface area (Å²) in [6.07, 6.45) is -2.74. The number of hydrogen-bond donors (Lipinski definition) is 3. The number of alkyl halides is 3. The highest BCUT2D eigenvalue weighted by Gasteiger charge is 2.48. The molecule has 0 saturated heterocycles. The van der Waals surface area contributed by atoms with Crippen LogP contribution in [-0.4, -0.2) is 24.1 Å². The first-order chi connectivity index (χ1) is 10.7. The maximum absolute atomic E-state index is 13.5. The third-order valence-corrected chi connectivity index (χ3v) is 4.25. The van der Waals surface area contributed by atoms with Gasteiger partial charge in [0, 0.05) is 11.6 Å². The lowest BCUT2D eigenvalue weighted by Crippen LogP contribution is -2.54. The molecule has 0 saturated carbocycles.